The molecule has 3 aromatic rings. The molecule has 128 valence electrons. The number of likely N-dealkylation sites (tertiary alicyclic amines) is 1. The largest absolute Gasteiger partial charge is 0.332 e. The van der Waals surface area contributed by atoms with Crippen LogP contribution in [-0.2, 0) is 4.79 Å². The molecule has 25 heavy (non-hydrogen) atoms. The fourth-order valence-electron chi connectivity index (χ4n) is 3.11. The van der Waals surface area contributed by atoms with E-state index in [2.05, 4.69) is 6.07 Å². The zero-order valence-corrected chi connectivity index (χ0v) is 15.2. The smallest absolute Gasteiger partial charge is 0.233 e. The highest BCUT2D eigenvalue weighted by Crippen LogP contribution is 2.37. The number of benzene rings is 2. The van der Waals surface area contributed by atoms with E-state index < -0.39 is 0 Å². The Kier molecular flexibility index (Phi) is 4.72. The zero-order valence-electron chi connectivity index (χ0n) is 13.5. The van der Waals surface area contributed by atoms with E-state index in [1.807, 2.05) is 23.1 Å². The minimum absolute atomic E-state index is 0.0821. The molecule has 1 aromatic heterocycles. The van der Waals surface area contributed by atoms with Crippen LogP contribution < -0.4 is 0 Å². The molecule has 1 amide bonds. The second kappa shape index (κ2) is 7.14. The van der Waals surface area contributed by atoms with E-state index in [-0.39, 0.29) is 17.8 Å². The fraction of sp³-hybridized carbons (Fsp3) is 0.263. The molecule has 1 saturated heterocycles. The van der Waals surface area contributed by atoms with Gasteiger partial charge in [-0.25, -0.2) is 9.37 Å². The van der Waals surface area contributed by atoms with Gasteiger partial charge in [0.2, 0.25) is 5.91 Å². The Morgan fingerprint density at radius 1 is 1.24 bits per heavy atom. The number of hydrogen-bond donors (Lipinski definition) is 0. The molecule has 2 aromatic carbocycles. The second-order valence-corrected chi connectivity index (χ2v) is 8.12. The van der Waals surface area contributed by atoms with E-state index in [1.165, 1.54) is 23.9 Å². The zero-order chi connectivity index (χ0) is 17.2. The molecule has 2 heterocycles. The third kappa shape index (κ3) is 3.55. The molecule has 4 rings (SSSR count). The monoisotopic (exact) mass is 372 g/mol. The van der Waals surface area contributed by atoms with Crippen LogP contribution in [-0.4, -0.2) is 28.1 Å². The van der Waals surface area contributed by atoms with Gasteiger partial charge in [0.25, 0.3) is 0 Å². The normalized spacial score (nSPS) is 17.3. The number of thioether (sulfide) groups is 1. The first-order chi connectivity index (χ1) is 12.2. The average Bonchev–Trinajstić information content (AvgIpc) is 3.27. The molecule has 1 aliphatic rings. The van der Waals surface area contributed by atoms with Crippen molar-refractivity contribution >= 4 is 39.2 Å². The molecule has 0 unspecified atom stereocenters. The van der Waals surface area contributed by atoms with Gasteiger partial charge in [-0.3, -0.25) is 4.79 Å². The molecule has 1 aliphatic heterocycles. The summed E-state index contributed by atoms with van der Waals surface area (Å²) in [6, 6.07) is 14.4. The second-order valence-electron chi connectivity index (χ2n) is 6.01. The summed E-state index contributed by atoms with van der Waals surface area (Å²) < 4.78 is 14.1. The predicted molar refractivity (Wildman–Crippen MR) is 100 cm³/mol. The predicted octanol–water partition coefficient (Wildman–Crippen LogP) is 4.89. The number of fused-ring (bicyclic) bond motifs is 1. The van der Waals surface area contributed by atoms with Gasteiger partial charge in [0.05, 0.1) is 22.0 Å². The molecule has 6 heteroatoms. The first kappa shape index (κ1) is 16.5. The molecule has 0 bridgehead atoms. The maximum atomic E-state index is 13.0. The Hall–Kier alpha value is -1.92. The third-order valence-corrected chi connectivity index (χ3v) is 6.48. The summed E-state index contributed by atoms with van der Waals surface area (Å²) in [4.78, 5) is 20.3. The van der Waals surface area contributed by atoms with Crippen LogP contribution >= 0.6 is 23.1 Å². The van der Waals surface area contributed by atoms with Crippen molar-refractivity contribution in [3.63, 3.8) is 0 Å². The van der Waals surface area contributed by atoms with Crippen LogP contribution in [0.15, 0.2) is 53.4 Å². The lowest BCUT2D eigenvalue weighted by Gasteiger charge is -2.23. The van der Waals surface area contributed by atoms with E-state index in [0.717, 1.165) is 39.5 Å². The number of para-hydroxylation sites is 1. The van der Waals surface area contributed by atoms with Crippen molar-refractivity contribution in [1.29, 1.82) is 0 Å². The van der Waals surface area contributed by atoms with Gasteiger partial charge in [-0.15, -0.1) is 23.1 Å². The maximum absolute atomic E-state index is 13.0. The molecule has 1 fully saturated rings. The van der Waals surface area contributed by atoms with Gasteiger partial charge >= 0.3 is 0 Å². The van der Waals surface area contributed by atoms with Crippen molar-refractivity contribution in [3.05, 3.63) is 59.4 Å². The summed E-state index contributed by atoms with van der Waals surface area (Å²) in [5, 5.41) is 1.03. The molecule has 3 nitrogen and oxygen atoms in total. The number of aromatic nitrogens is 1. The SMILES string of the molecule is O=C(CSc1ccc(F)cc1)N1CCC[C@H]1c1nc2ccccc2s1. The minimum Gasteiger partial charge on any atom is -0.332 e. The van der Waals surface area contributed by atoms with Crippen molar-refractivity contribution in [1.82, 2.24) is 9.88 Å². The lowest BCUT2D eigenvalue weighted by Crippen LogP contribution is -2.31. The molecular formula is C19H17FN2OS2. The van der Waals surface area contributed by atoms with Crippen molar-refractivity contribution in [2.45, 2.75) is 23.8 Å². The molecular weight excluding hydrogens is 355 g/mol. The maximum Gasteiger partial charge on any atom is 0.233 e. The molecule has 0 spiro atoms. The van der Waals surface area contributed by atoms with Gasteiger partial charge in [-0.05, 0) is 49.2 Å². The van der Waals surface area contributed by atoms with Crippen LogP contribution in [0.3, 0.4) is 0 Å². The fourth-order valence-corrected chi connectivity index (χ4v) is 5.01. The average molecular weight is 372 g/mol. The number of rotatable bonds is 4. The number of nitrogens with zero attached hydrogens (tertiary/aromatic N) is 2. The summed E-state index contributed by atoms with van der Waals surface area (Å²) >= 11 is 3.13. The van der Waals surface area contributed by atoms with Crippen molar-refractivity contribution in [3.8, 4) is 0 Å². The van der Waals surface area contributed by atoms with Crippen LogP contribution in [0.25, 0.3) is 10.2 Å². The van der Waals surface area contributed by atoms with E-state index in [1.54, 1.807) is 23.5 Å². The van der Waals surface area contributed by atoms with Gasteiger partial charge in [-0.1, -0.05) is 12.1 Å². The summed E-state index contributed by atoms with van der Waals surface area (Å²) in [6.45, 7) is 0.781. The number of amides is 1. The first-order valence-corrected chi connectivity index (χ1v) is 10.0. The Morgan fingerprint density at radius 2 is 2.04 bits per heavy atom. The number of carbonyl (C=O) groups is 1. The minimum atomic E-state index is -0.258. The molecule has 0 N–H and O–H groups in total. The van der Waals surface area contributed by atoms with E-state index in [9.17, 15) is 9.18 Å². The van der Waals surface area contributed by atoms with Crippen molar-refractivity contribution in [2.75, 3.05) is 12.3 Å². The number of hydrogen-bond acceptors (Lipinski definition) is 4. The topological polar surface area (TPSA) is 33.2 Å². The standard InChI is InChI=1S/C19H17FN2OS2/c20-13-7-9-14(10-8-13)24-12-18(23)22-11-3-5-16(22)19-21-15-4-1-2-6-17(15)25-19/h1-2,4,6-10,16H,3,5,11-12H2/t16-/m0/s1. The lowest BCUT2D eigenvalue weighted by atomic mass is 10.2. The third-order valence-electron chi connectivity index (χ3n) is 4.34. The lowest BCUT2D eigenvalue weighted by molar-refractivity contribution is -0.129. The Morgan fingerprint density at radius 3 is 2.84 bits per heavy atom. The van der Waals surface area contributed by atoms with E-state index in [0.29, 0.717) is 5.75 Å². The van der Waals surface area contributed by atoms with Gasteiger partial charge in [0.1, 0.15) is 10.8 Å². The number of carbonyl (C=O) groups excluding carboxylic acids is 1. The van der Waals surface area contributed by atoms with Gasteiger partial charge < -0.3 is 4.90 Å². The molecule has 0 radical (unpaired) electrons. The summed E-state index contributed by atoms with van der Waals surface area (Å²) in [7, 11) is 0. The summed E-state index contributed by atoms with van der Waals surface area (Å²) in [6.07, 6.45) is 1.97. The summed E-state index contributed by atoms with van der Waals surface area (Å²) in [5.74, 6) is 0.231. The van der Waals surface area contributed by atoms with Crippen LogP contribution in [0.2, 0.25) is 0 Å². The quantitative estimate of drug-likeness (QED) is 0.611. The molecule has 1 atom stereocenters. The highest BCUT2D eigenvalue weighted by atomic mass is 32.2. The van der Waals surface area contributed by atoms with Crippen LogP contribution in [0.5, 0.6) is 0 Å². The Labute approximate surface area is 153 Å². The highest BCUT2D eigenvalue weighted by Gasteiger charge is 2.32. The van der Waals surface area contributed by atoms with Crippen LogP contribution in [0, 0.1) is 5.82 Å². The highest BCUT2D eigenvalue weighted by molar-refractivity contribution is 8.00. The Balaban J connectivity index is 1.46. The summed E-state index contributed by atoms with van der Waals surface area (Å²) in [5.41, 5.74) is 1.00. The van der Waals surface area contributed by atoms with E-state index >= 15 is 0 Å². The van der Waals surface area contributed by atoms with Gasteiger partial charge in [-0.2, -0.15) is 0 Å². The number of thiazole rings is 1. The molecule has 0 aliphatic carbocycles. The van der Waals surface area contributed by atoms with Crippen LogP contribution in [0.4, 0.5) is 4.39 Å². The van der Waals surface area contributed by atoms with Gasteiger partial charge in [0, 0.05) is 11.4 Å². The van der Waals surface area contributed by atoms with Crippen LogP contribution in [0.1, 0.15) is 23.9 Å². The van der Waals surface area contributed by atoms with E-state index in [4.69, 9.17) is 4.98 Å². The molecule has 0 saturated carbocycles. The van der Waals surface area contributed by atoms with Crippen molar-refractivity contribution in [2.24, 2.45) is 0 Å². The number of halogens is 1. The Bertz CT molecular complexity index is 861. The van der Waals surface area contributed by atoms with Gasteiger partial charge in [0.15, 0.2) is 0 Å². The first-order valence-electron chi connectivity index (χ1n) is 8.24. The van der Waals surface area contributed by atoms with Crippen molar-refractivity contribution < 1.29 is 9.18 Å².